The predicted molar refractivity (Wildman–Crippen MR) is 136 cm³/mol. The number of rotatable bonds is 9. The Kier molecular flexibility index (Phi) is 7.96. The highest BCUT2D eigenvalue weighted by Crippen LogP contribution is 2.36. The van der Waals surface area contributed by atoms with Crippen molar-refractivity contribution in [3.8, 4) is 0 Å². The molecule has 0 unspecified atom stereocenters. The zero-order valence-corrected chi connectivity index (χ0v) is 19.7. The molecule has 0 atom stereocenters. The molecule has 1 aliphatic heterocycles. The summed E-state index contributed by atoms with van der Waals surface area (Å²) in [7, 11) is 0. The Hall–Kier alpha value is -2.91. The van der Waals surface area contributed by atoms with E-state index in [9.17, 15) is 4.79 Å². The SMILES string of the molecule is CCC(C(=O)NCCCN1CCC(c2ccccc2)CC1)(c1ccccc1)c1ccccc1. The molecule has 4 rings (SSSR count). The lowest BCUT2D eigenvalue weighted by molar-refractivity contribution is -0.125. The van der Waals surface area contributed by atoms with Crippen LogP contribution in [-0.2, 0) is 10.2 Å². The van der Waals surface area contributed by atoms with Gasteiger partial charge in [0.05, 0.1) is 5.41 Å². The van der Waals surface area contributed by atoms with E-state index in [1.807, 2.05) is 36.4 Å². The fourth-order valence-corrected chi connectivity index (χ4v) is 5.31. The summed E-state index contributed by atoms with van der Waals surface area (Å²) in [6.45, 7) is 6.13. The quantitative estimate of drug-likeness (QED) is 0.429. The van der Waals surface area contributed by atoms with Crippen LogP contribution in [0, 0.1) is 0 Å². The minimum Gasteiger partial charge on any atom is -0.355 e. The van der Waals surface area contributed by atoms with Gasteiger partial charge in [-0.2, -0.15) is 0 Å². The second kappa shape index (κ2) is 11.3. The molecule has 1 amide bonds. The van der Waals surface area contributed by atoms with Crippen LogP contribution in [0.1, 0.15) is 55.2 Å². The number of hydrogen-bond acceptors (Lipinski definition) is 2. The Morgan fingerprint density at radius 2 is 1.36 bits per heavy atom. The van der Waals surface area contributed by atoms with Gasteiger partial charge in [-0.1, -0.05) is 97.9 Å². The molecular weight excluding hydrogens is 404 g/mol. The van der Waals surface area contributed by atoms with Gasteiger partial charge < -0.3 is 10.2 Å². The second-order valence-electron chi connectivity index (χ2n) is 9.13. The minimum atomic E-state index is -0.656. The molecule has 3 aromatic rings. The van der Waals surface area contributed by atoms with Crippen LogP contribution in [0.15, 0.2) is 91.0 Å². The fraction of sp³-hybridized carbons (Fsp3) is 0.367. The molecule has 1 heterocycles. The van der Waals surface area contributed by atoms with Crippen molar-refractivity contribution in [2.45, 2.75) is 43.9 Å². The number of benzene rings is 3. The van der Waals surface area contributed by atoms with Crippen molar-refractivity contribution in [2.24, 2.45) is 0 Å². The third-order valence-electron chi connectivity index (χ3n) is 7.25. The maximum Gasteiger partial charge on any atom is 0.235 e. The lowest BCUT2D eigenvalue weighted by atomic mass is 9.71. The topological polar surface area (TPSA) is 32.3 Å². The van der Waals surface area contributed by atoms with E-state index >= 15 is 0 Å². The number of nitrogens with one attached hydrogen (secondary N) is 1. The van der Waals surface area contributed by atoms with Crippen molar-refractivity contribution in [1.82, 2.24) is 10.2 Å². The van der Waals surface area contributed by atoms with Crippen LogP contribution >= 0.6 is 0 Å². The van der Waals surface area contributed by atoms with Crippen LogP contribution in [0.3, 0.4) is 0 Å². The predicted octanol–water partition coefficient (Wildman–Crippen LogP) is 5.77. The summed E-state index contributed by atoms with van der Waals surface area (Å²) >= 11 is 0. The molecule has 1 aliphatic rings. The number of likely N-dealkylation sites (tertiary alicyclic amines) is 1. The van der Waals surface area contributed by atoms with Gasteiger partial charge in [0, 0.05) is 6.54 Å². The summed E-state index contributed by atoms with van der Waals surface area (Å²) in [5.74, 6) is 0.786. The smallest absolute Gasteiger partial charge is 0.235 e. The van der Waals surface area contributed by atoms with E-state index in [1.165, 1.54) is 18.4 Å². The van der Waals surface area contributed by atoms with Crippen molar-refractivity contribution < 1.29 is 4.79 Å². The minimum absolute atomic E-state index is 0.102. The highest BCUT2D eigenvalue weighted by molar-refractivity contribution is 5.92. The molecule has 3 nitrogen and oxygen atoms in total. The monoisotopic (exact) mass is 440 g/mol. The molecule has 1 fully saturated rings. The molecule has 3 heteroatoms. The summed E-state index contributed by atoms with van der Waals surface area (Å²) in [5.41, 5.74) is 2.93. The second-order valence-corrected chi connectivity index (χ2v) is 9.13. The summed E-state index contributed by atoms with van der Waals surface area (Å²) in [6, 6.07) is 31.3. The normalized spacial score (nSPS) is 15.3. The maximum absolute atomic E-state index is 13.6. The van der Waals surface area contributed by atoms with Gasteiger partial charge in [-0.25, -0.2) is 0 Å². The molecule has 172 valence electrons. The van der Waals surface area contributed by atoms with Crippen molar-refractivity contribution >= 4 is 5.91 Å². The Morgan fingerprint density at radius 1 is 0.848 bits per heavy atom. The molecule has 33 heavy (non-hydrogen) atoms. The lowest BCUT2D eigenvalue weighted by Gasteiger charge is -2.34. The molecule has 0 aliphatic carbocycles. The first kappa shape index (κ1) is 23.3. The molecular formula is C30H36N2O. The van der Waals surface area contributed by atoms with Gasteiger partial charge in [0.2, 0.25) is 5.91 Å². The molecule has 0 radical (unpaired) electrons. The Labute approximate surface area is 198 Å². The molecule has 3 aromatic carbocycles. The summed E-state index contributed by atoms with van der Waals surface area (Å²) in [6.07, 6.45) is 4.14. The van der Waals surface area contributed by atoms with E-state index in [0.29, 0.717) is 12.5 Å². The van der Waals surface area contributed by atoms with Crippen LogP contribution in [-0.4, -0.2) is 37.0 Å². The average molecular weight is 441 g/mol. The van der Waals surface area contributed by atoms with Crippen LogP contribution in [0.25, 0.3) is 0 Å². The maximum atomic E-state index is 13.6. The molecule has 0 spiro atoms. The summed E-state index contributed by atoms with van der Waals surface area (Å²) in [5, 5.41) is 3.28. The van der Waals surface area contributed by atoms with E-state index in [4.69, 9.17) is 0 Å². The van der Waals surface area contributed by atoms with Crippen molar-refractivity contribution in [3.63, 3.8) is 0 Å². The summed E-state index contributed by atoms with van der Waals surface area (Å²) < 4.78 is 0. The van der Waals surface area contributed by atoms with Gasteiger partial charge >= 0.3 is 0 Å². The molecule has 0 bridgehead atoms. The van der Waals surface area contributed by atoms with Gasteiger partial charge in [0.25, 0.3) is 0 Å². The van der Waals surface area contributed by atoms with Gasteiger partial charge in [-0.3, -0.25) is 4.79 Å². The Bertz CT molecular complexity index is 940. The molecule has 1 saturated heterocycles. The van der Waals surface area contributed by atoms with Crippen molar-refractivity contribution in [2.75, 3.05) is 26.2 Å². The Balaban J connectivity index is 1.32. The fourth-order valence-electron chi connectivity index (χ4n) is 5.31. The van der Waals surface area contributed by atoms with Gasteiger partial charge in [-0.05, 0) is 67.9 Å². The third-order valence-corrected chi connectivity index (χ3v) is 7.25. The number of hydrogen-bond donors (Lipinski definition) is 1. The van der Waals surface area contributed by atoms with Crippen LogP contribution in [0.4, 0.5) is 0 Å². The number of nitrogens with zero attached hydrogens (tertiary/aromatic N) is 1. The molecule has 0 saturated carbocycles. The van der Waals surface area contributed by atoms with Gasteiger partial charge in [0.15, 0.2) is 0 Å². The van der Waals surface area contributed by atoms with Gasteiger partial charge in [0.1, 0.15) is 0 Å². The number of piperidine rings is 1. The highest BCUT2D eigenvalue weighted by Gasteiger charge is 2.40. The van der Waals surface area contributed by atoms with Crippen LogP contribution in [0.2, 0.25) is 0 Å². The summed E-state index contributed by atoms with van der Waals surface area (Å²) in [4.78, 5) is 16.2. The van der Waals surface area contributed by atoms with E-state index in [2.05, 4.69) is 71.7 Å². The lowest BCUT2D eigenvalue weighted by Crippen LogP contribution is -2.46. The number of carbonyl (C=O) groups is 1. The number of amides is 1. The van der Waals surface area contributed by atoms with Crippen molar-refractivity contribution in [3.05, 3.63) is 108 Å². The van der Waals surface area contributed by atoms with Crippen LogP contribution < -0.4 is 5.32 Å². The first-order valence-corrected chi connectivity index (χ1v) is 12.4. The zero-order chi connectivity index (χ0) is 22.9. The van der Waals surface area contributed by atoms with E-state index in [-0.39, 0.29) is 5.91 Å². The molecule has 0 aromatic heterocycles. The zero-order valence-electron chi connectivity index (χ0n) is 19.7. The van der Waals surface area contributed by atoms with E-state index in [1.54, 1.807) is 0 Å². The first-order valence-electron chi connectivity index (χ1n) is 12.4. The van der Waals surface area contributed by atoms with E-state index < -0.39 is 5.41 Å². The standard InChI is InChI=1S/C30H36N2O/c1-2-30(27-15-8-4-9-16-27,28-17-10-5-11-18-28)29(33)31-21-12-22-32-23-19-26(20-24-32)25-13-6-3-7-14-25/h3-11,13-18,26H,2,12,19-24H2,1H3,(H,31,33). The first-order chi connectivity index (χ1) is 16.2. The average Bonchev–Trinajstić information content (AvgIpc) is 2.89. The highest BCUT2D eigenvalue weighted by atomic mass is 16.2. The third kappa shape index (κ3) is 5.36. The largest absolute Gasteiger partial charge is 0.355 e. The van der Waals surface area contributed by atoms with Gasteiger partial charge in [-0.15, -0.1) is 0 Å². The number of carbonyl (C=O) groups excluding carboxylic acids is 1. The molecule has 1 N–H and O–H groups in total. The van der Waals surface area contributed by atoms with E-state index in [0.717, 1.165) is 43.6 Å². The van der Waals surface area contributed by atoms with Crippen molar-refractivity contribution in [1.29, 1.82) is 0 Å². The van der Waals surface area contributed by atoms with Crippen LogP contribution in [0.5, 0.6) is 0 Å². The Morgan fingerprint density at radius 3 is 1.88 bits per heavy atom.